The predicted octanol–water partition coefficient (Wildman–Crippen LogP) is 13.3. The molecule has 11 aromatic rings. The molecule has 0 N–H and O–H groups in total. The van der Waals surface area contributed by atoms with Gasteiger partial charge in [0.15, 0.2) is 0 Å². The van der Waals surface area contributed by atoms with E-state index in [1.165, 1.54) is 49.3 Å². The zero-order valence-electron chi connectivity index (χ0n) is 36.4. The highest BCUT2D eigenvalue weighted by molar-refractivity contribution is 6.20. The topological polar surface area (TPSA) is 56.7 Å². The maximum Gasteiger partial charge on any atom is 0.147 e. The standard InChI is InChI=1S/C59H43N7/c1-39-18-3-2-4-19-40-20-5-6-21-41(40)38-63(39)54-32-17-35-57(62-54)65-52-31-14-10-25-46(52)58-53(65)37-36-45-44-24-9-13-30-51(44)66(59(45)58)56-34-16-27-48(61-56)47-26-15-33-55(60-47)64-49-28-11-7-22-42(49)43-23-8-12-29-50(43)64/h2-13,16-18,20-25,27-30,32-37,39H,14,19,31,38H2,1H3/b4-2-,18-3-. The van der Waals surface area contributed by atoms with Gasteiger partial charge in [-0.15, -0.1) is 0 Å². The molecular formula is C59H43N7. The lowest BCUT2D eigenvalue weighted by Gasteiger charge is -2.30. The van der Waals surface area contributed by atoms with Gasteiger partial charge in [0.2, 0.25) is 0 Å². The van der Waals surface area contributed by atoms with Gasteiger partial charge in [-0.05, 0) is 91.9 Å². The van der Waals surface area contributed by atoms with Crippen molar-refractivity contribution in [1.29, 1.82) is 0 Å². The van der Waals surface area contributed by atoms with Gasteiger partial charge in [-0.1, -0.05) is 140 Å². The van der Waals surface area contributed by atoms with E-state index in [1.807, 2.05) is 12.1 Å². The molecule has 1 aliphatic carbocycles. The first-order valence-electron chi connectivity index (χ1n) is 22.8. The molecule has 0 fully saturated rings. The monoisotopic (exact) mass is 849 g/mol. The van der Waals surface area contributed by atoms with E-state index >= 15 is 0 Å². The lowest BCUT2D eigenvalue weighted by Crippen LogP contribution is -2.32. The van der Waals surface area contributed by atoms with Crippen molar-refractivity contribution in [2.45, 2.75) is 38.8 Å². The summed E-state index contributed by atoms with van der Waals surface area (Å²) in [6.07, 6.45) is 16.3. The van der Waals surface area contributed by atoms with Crippen LogP contribution in [0.25, 0.3) is 89.4 Å². The van der Waals surface area contributed by atoms with Crippen molar-refractivity contribution >= 4 is 66.4 Å². The fourth-order valence-electron chi connectivity index (χ4n) is 10.5. The SMILES string of the molecule is CC1/C=C\C=C/Cc2ccccc2CN1c1cccc(-n2c3c(c4c2ccc2c5ccccc5n(-c5cccc(-c6c#ccc(-n7c8ccccc8c8ccccc87)n6)n5)c24)C=CCC3)n1. The molecule has 0 saturated carbocycles. The van der Waals surface area contributed by atoms with Crippen LogP contribution in [0.1, 0.15) is 35.7 Å². The Balaban J connectivity index is 0.979. The number of aromatic nitrogens is 6. The van der Waals surface area contributed by atoms with Gasteiger partial charge in [0.1, 0.15) is 29.0 Å². The fraction of sp³-hybridized carbons (Fsp3) is 0.102. The molecular weight excluding hydrogens is 807 g/mol. The maximum atomic E-state index is 5.53. The first kappa shape index (κ1) is 38.0. The number of para-hydroxylation sites is 3. The Morgan fingerprint density at radius 1 is 0.545 bits per heavy atom. The molecule has 1 atom stereocenters. The average molecular weight is 850 g/mol. The van der Waals surface area contributed by atoms with Crippen LogP contribution < -0.4 is 4.90 Å². The summed E-state index contributed by atoms with van der Waals surface area (Å²) in [4.78, 5) is 18.6. The van der Waals surface area contributed by atoms with E-state index in [0.29, 0.717) is 5.69 Å². The van der Waals surface area contributed by atoms with Crippen LogP contribution in [-0.2, 0) is 19.4 Å². The number of benzene rings is 5. The Bertz CT molecular complexity index is 3770. The molecule has 7 nitrogen and oxygen atoms in total. The third-order valence-corrected chi connectivity index (χ3v) is 13.5. The number of pyridine rings is 2. The van der Waals surface area contributed by atoms with Crippen molar-refractivity contribution in [1.82, 2.24) is 28.7 Å². The van der Waals surface area contributed by atoms with Crippen LogP contribution in [0.3, 0.4) is 0 Å². The van der Waals surface area contributed by atoms with Crippen LogP contribution in [0.4, 0.5) is 5.82 Å². The summed E-state index contributed by atoms with van der Waals surface area (Å²) in [6.45, 7) is 3.02. The Labute approximate surface area is 382 Å². The van der Waals surface area contributed by atoms with Gasteiger partial charge >= 0.3 is 0 Å². The minimum absolute atomic E-state index is 0.127. The molecule has 1 unspecified atom stereocenters. The van der Waals surface area contributed by atoms with Gasteiger partial charge in [-0.2, -0.15) is 0 Å². The molecule has 13 rings (SSSR count). The Morgan fingerprint density at radius 3 is 2.03 bits per heavy atom. The van der Waals surface area contributed by atoms with Crippen molar-refractivity contribution < 1.29 is 0 Å². The van der Waals surface area contributed by atoms with E-state index < -0.39 is 0 Å². The van der Waals surface area contributed by atoms with Gasteiger partial charge in [0, 0.05) is 56.8 Å². The number of allylic oxidation sites excluding steroid dienone is 4. The summed E-state index contributed by atoms with van der Waals surface area (Å²) in [5.41, 5.74) is 12.0. The second kappa shape index (κ2) is 15.4. The molecule has 0 spiro atoms. The lowest BCUT2D eigenvalue weighted by atomic mass is 10.0. The lowest BCUT2D eigenvalue weighted by molar-refractivity contribution is 0.714. The molecule has 0 saturated heterocycles. The Kier molecular flexibility index (Phi) is 8.85. The summed E-state index contributed by atoms with van der Waals surface area (Å²) in [6, 6.07) is 60.4. The van der Waals surface area contributed by atoms with E-state index in [-0.39, 0.29) is 6.04 Å². The zero-order valence-corrected chi connectivity index (χ0v) is 36.4. The minimum atomic E-state index is 0.127. The van der Waals surface area contributed by atoms with E-state index in [4.69, 9.17) is 15.0 Å². The molecule has 314 valence electrons. The first-order chi connectivity index (χ1) is 32.7. The van der Waals surface area contributed by atoms with Crippen LogP contribution in [0.2, 0.25) is 0 Å². The third-order valence-electron chi connectivity index (χ3n) is 13.5. The van der Waals surface area contributed by atoms with Gasteiger partial charge < -0.3 is 4.90 Å². The van der Waals surface area contributed by atoms with Gasteiger partial charge in [-0.3, -0.25) is 13.7 Å². The normalized spacial score (nSPS) is 15.9. The molecule has 0 radical (unpaired) electrons. The molecule has 5 aromatic carbocycles. The highest BCUT2D eigenvalue weighted by atomic mass is 15.2. The van der Waals surface area contributed by atoms with Crippen molar-refractivity contribution in [2.24, 2.45) is 0 Å². The number of hydrogen-bond acceptors (Lipinski definition) is 4. The summed E-state index contributed by atoms with van der Waals surface area (Å²) in [7, 11) is 0. The van der Waals surface area contributed by atoms with Crippen molar-refractivity contribution in [3.05, 3.63) is 217 Å². The summed E-state index contributed by atoms with van der Waals surface area (Å²) in [5.74, 6) is 3.45. The van der Waals surface area contributed by atoms with Crippen LogP contribution >= 0.6 is 0 Å². The smallest absolute Gasteiger partial charge is 0.147 e. The first-order valence-corrected chi connectivity index (χ1v) is 22.8. The largest absolute Gasteiger partial charge is 0.346 e. The van der Waals surface area contributed by atoms with Crippen molar-refractivity contribution in [2.75, 3.05) is 4.90 Å². The van der Waals surface area contributed by atoms with Gasteiger partial charge in [0.05, 0.1) is 33.3 Å². The fourth-order valence-corrected chi connectivity index (χ4v) is 10.5. The Morgan fingerprint density at radius 2 is 1.23 bits per heavy atom. The summed E-state index contributed by atoms with van der Waals surface area (Å²) >= 11 is 0. The molecule has 0 amide bonds. The van der Waals surface area contributed by atoms with E-state index in [0.717, 1.165) is 82.4 Å². The minimum Gasteiger partial charge on any atom is -0.346 e. The van der Waals surface area contributed by atoms with Crippen LogP contribution in [-0.4, -0.2) is 34.7 Å². The van der Waals surface area contributed by atoms with E-state index in [1.54, 1.807) is 0 Å². The van der Waals surface area contributed by atoms with Gasteiger partial charge in [0.25, 0.3) is 0 Å². The highest BCUT2D eigenvalue weighted by Crippen LogP contribution is 2.43. The predicted molar refractivity (Wildman–Crippen MR) is 270 cm³/mol. The van der Waals surface area contributed by atoms with Crippen LogP contribution in [0, 0.1) is 12.1 Å². The second-order valence-corrected chi connectivity index (χ2v) is 17.3. The Hall–Kier alpha value is -8.47. The number of fused-ring (bicyclic) bond motifs is 11. The van der Waals surface area contributed by atoms with Crippen LogP contribution in [0.15, 0.2) is 182 Å². The second-order valence-electron chi connectivity index (χ2n) is 17.3. The molecule has 7 heterocycles. The van der Waals surface area contributed by atoms with Crippen molar-refractivity contribution in [3.8, 4) is 28.8 Å². The highest BCUT2D eigenvalue weighted by Gasteiger charge is 2.26. The molecule has 6 aromatic heterocycles. The molecule has 0 bridgehead atoms. The third kappa shape index (κ3) is 6.03. The number of hydrogen-bond donors (Lipinski definition) is 0. The van der Waals surface area contributed by atoms with Crippen molar-refractivity contribution in [3.63, 3.8) is 0 Å². The van der Waals surface area contributed by atoms with E-state index in [2.05, 4.69) is 214 Å². The maximum absolute atomic E-state index is 5.53. The van der Waals surface area contributed by atoms with Gasteiger partial charge in [-0.25, -0.2) is 15.0 Å². The molecule has 7 heteroatoms. The number of nitrogens with zero attached hydrogens (tertiary/aromatic N) is 7. The van der Waals surface area contributed by atoms with Crippen LogP contribution in [0.5, 0.6) is 0 Å². The number of anilines is 1. The molecule has 1 aliphatic heterocycles. The summed E-state index contributed by atoms with van der Waals surface area (Å²) < 4.78 is 6.97. The molecule has 2 aliphatic rings. The van der Waals surface area contributed by atoms with E-state index in [9.17, 15) is 0 Å². The molecule has 66 heavy (non-hydrogen) atoms. The average Bonchev–Trinajstić information content (AvgIpc) is 4.02. The summed E-state index contributed by atoms with van der Waals surface area (Å²) in [5, 5.41) is 5.92. The number of rotatable bonds is 5. The zero-order chi connectivity index (χ0) is 43.7. The quantitative estimate of drug-likeness (QED) is 0.173.